The maximum Gasteiger partial charge on any atom is 0.168 e. The topological polar surface area (TPSA) is 34.1 Å². The molecule has 0 saturated carbocycles. The van der Waals surface area contributed by atoms with Crippen molar-refractivity contribution in [3.63, 3.8) is 0 Å². The molecule has 1 unspecified atom stereocenters. The van der Waals surface area contributed by atoms with Gasteiger partial charge in [-0.25, -0.2) is 0 Å². The molecule has 2 aromatic carbocycles. The van der Waals surface area contributed by atoms with Gasteiger partial charge in [0.25, 0.3) is 0 Å². The van der Waals surface area contributed by atoms with Crippen LogP contribution in [0.3, 0.4) is 0 Å². The number of carbonyl (C=O) groups is 2. The van der Waals surface area contributed by atoms with Crippen molar-refractivity contribution in [1.29, 1.82) is 0 Å². The molecule has 1 atom stereocenters. The summed E-state index contributed by atoms with van der Waals surface area (Å²) in [5.41, 5.74) is 0.829. The van der Waals surface area contributed by atoms with Gasteiger partial charge in [-0.05, 0) is 5.92 Å². The first-order valence-corrected chi connectivity index (χ1v) is 7.61. The van der Waals surface area contributed by atoms with E-state index in [-0.39, 0.29) is 17.5 Å². The summed E-state index contributed by atoms with van der Waals surface area (Å²) in [6, 6.07) is 18.5. The molecule has 2 nitrogen and oxygen atoms in total. The minimum atomic E-state index is -0.578. The van der Waals surface area contributed by atoms with Gasteiger partial charge in [0.05, 0.1) is 0 Å². The third kappa shape index (κ3) is 3.51. The lowest BCUT2D eigenvalue weighted by Gasteiger charge is -2.30. The zero-order valence-corrected chi connectivity index (χ0v) is 13.4. The first kappa shape index (κ1) is 16.2. The highest BCUT2D eigenvalue weighted by Crippen LogP contribution is 2.33. The molecule has 0 fully saturated rings. The molecule has 0 aromatic heterocycles. The van der Waals surface area contributed by atoms with E-state index in [4.69, 9.17) is 0 Å². The molecule has 0 radical (unpaired) electrons. The molecule has 2 heteroatoms. The molecular formula is C20H22O2. The molecule has 0 spiro atoms. The van der Waals surface area contributed by atoms with Gasteiger partial charge in [-0.2, -0.15) is 0 Å². The maximum absolute atomic E-state index is 12.7. The van der Waals surface area contributed by atoms with Crippen molar-refractivity contribution in [2.45, 2.75) is 27.2 Å². The van der Waals surface area contributed by atoms with Gasteiger partial charge in [-0.15, -0.1) is 0 Å². The minimum absolute atomic E-state index is 0.0343. The summed E-state index contributed by atoms with van der Waals surface area (Å²) in [4.78, 5) is 25.1. The summed E-state index contributed by atoms with van der Waals surface area (Å²) in [7, 11) is 0. The summed E-state index contributed by atoms with van der Waals surface area (Å²) < 4.78 is 0. The van der Waals surface area contributed by atoms with Crippen molar-refractivity contribution in [2.24, 2.45) is 11.3 Å². The smallest absolute Gasteiger partial charge is 0.168 e. The predicted octanol–water partition coefficient (Wildman–Crippen LogP) is 4.80. The van der Waals surface area contributed by atoms with Gasteiger partial charge in [0, 0.05) is 23.0 Å². The molecule has 22 heavy (non-hydrogen) atoms. The third-order valence-corrected chi connectivity index (χ3v) is 4.44. The molecule has 0 amide bonds. The fourth-order valence-electron chi connectivity index (χ4n) is 2.46. The van der Waals surface area contributed by atoms with Crippen LogP contribution >= 0.6 is 0 Å². The number of Topliss-reactive ketones (excluding diaryl/α,β-unsaturated/α-hetero) is 2. The number of carbonyl (C=O) groups excluding carboxylic acids is 2. The molecule has 2 rings (SSSR count). The van der Waals surface area contributed by atoms with Crippen molar-refractivity contribution in [1.82, 2.24) is 0 Å². The average Bonchev–Trinajstić information content (AvgIpc) is 2.55. The van der Waals surface area contributed by atoms with Gasteiger partial charge in [-0.3, -0.25) is 9.59 Å². The summed E-state index contributed by atoms with van der Waals surface area (Å²) in [6.07, 6.45) is 0.371. The van der Waals surface area contributed by atoms with Crippen LogP contribution in [-0.4, -0.2) is 11.6 Å². The molecule has 0 aliphatic heterocycles. The highest BCUT2D eigenvalue weighted by molar-refractivity contribution is 6.01. The Kier molecular flexibility index (Phi) is 4.92. The minimum Gasteiger partial charge on any atom is -0.294 e. The van der Waals surface area contributed by atoms with Crippen molar-refractivity contribution in [2.75, 3.05) is 0 Å². The zero-order chi connectivity index (χ0) is 16.2. The van der Waals surface area contributed by atoms with Crippen LogP contribution in [-0.2, 0) is 0 Å². The number of benzene rings is 2. The van der Waals surface area contributed by atoms with Crippen LogP contribution < -0.4 is 0 Å². The van der Waals surface area contributed by atoms with Crippen molar-refractivity contribution >= 4 is 11.6 Å². The van der Waals surface area contributed by atoms with Crippen LogP contribution in [0.1, 0.15) is 47.9 Å². The van der Waals surface area contributed by atoms with E-state index < -0.39 is 5.41 Å². The van der Waals surface area contributed by atoms with Crippen LogP contribution in [0.2, 0.25) is 0 Å². The van der Waals surface area contributed by atoms with Gasteiger partial charge < -0.3 is 0 Å². The molecule has 0 bridgehead atoms. The largest absolute Gasteiger partial charge is 0.294 e. The SMILES string of the molecule is CC(CC(=O)c1ccccc1)C(C)(C)C(=O)c1ccccc1. The molecule has 0 aliphatic carbocycles. The highest BCUT2D eigenvalue weighted by Gasteiger charge is 2.35. The van der Waals surface area contributed by atoms with Gasteiger partial charge in [-0.1, -0.05) is 81.4 Å². The first-order chi connectivity index (χ1) is 10.4. The van der Waals surface area contributed by atoms with E-state index in [9.17, 15) is 9.59 Å². The third-order valence-electron chi connectivity index (χ3n) is 4.44. The van der Waals surface area contributed by atoms with Crippen LogP contribution in [0, 0.1) is 11.3 Å². The van der Waals surface area contributed by atoms with Gasteiger partial charge in [0.15, 0.2) is 11.6 Å². The first-order valence-electron chi connectivity index (χ1n) is 7.61. The van der Waals surface area contributed by atoms with Gasteiger partial charge >= 0.3 is 0 Å². The lowest BCUT2D eigenvalue weighted by Crippen LogP contribution is -2.33. The lowest BCUT2D eigenvalue weighted by molar-refractivity contribution is 0.0726. The van der Waals surface area contributed by atoms with Gasteiger partial charge in [0.2, 0.25) is 0 Å². The Morgan fingerprint density at radius 3 is 1.82 bits per heavy atom. The lowest BCUT2D eigenvalue weighted by atomic mass is 9.72. The van der Waals surface area contributed by atoms with E-state index in [1.807, 2.05) is 81.4 Å². The molecular weight excluding hydrogens is 272 g/mol. The van der Waals surface area contributed by atoms with Crippen LogP contribution in [0.25, 0.3) is 0 Å². The zero-order valence-electron chi connectivity index (χ0n) is 13.4. The number of rotatable bonds is 6. The van der Waals surface area contributed by atoms with Crippen molar-refractivity contribution in [3.8, 4) is 0 Å². The number of hydrogen-bond acceptors (Lipinski definition) is 2. The summed E-state index contributed by atoms with van der Waals surface area (Å²) in [5.74, 6) is 0.136. The van der Waals surface area contributed by atoms with E-state index in [2.05, 4.69) is 0 Å². The standard InChI is InChI=1S/C20H22O2/c1-15(14-18(21)16-10-6-4-7-11-16)20(2,3)19(22)17-12-8-5-9-13-17/h4-13,15H,14H2,1-3H3. The highest BCUT2D eigenvalue weighted by atomic mass is 16.1. The van der Waals surface area contributed by atoms with E-state index in [0.717, 1.165) is 0 Å². The van der Waals surface area contributed by atoms with E-state index in [1.54, 1.807) is 0 Å². The van der Waals surface area contributed by atoms with Crippen molar-refractivity contribution < 1.29 is 9.59 Å². The Labute approximate surface area is 132 Å². The van der Waals surface area contributed by atoms with E-state index >= 15 is 0 Å². The van der Waals surface area contributed by atoms with Gasteiger partial charge in [0.1, 0.15) is 0 Å². The molecule has 2 aromatic rings. The predicted molar refractivity (Wildman–Crippen MR) is 89.1 cm³/mol. The Balaban J connectivity index is 2.12. The summed E-state index contributed by atoms with van der Waals surface area (Å²) >= 11 is 0. The fourth-order valence-corrected chi connectivity index (χ4v) is 2.46. The van der Waals surface area contributed by atoms with Crippen LogP contribution in [0.15, 0.2) is 60.7 Å². The Morgan fingerprint density at radius 2 is 1.32 bits per heavy atom. The number of ketones is 2. The molecule has 0 saturated heterocycles. The Bertz CT molecular complexity index is 642. The second-order valence-electron chi connectivity index (χ2n) is 6.31. The monoisotopic (exact) mass is 294 g/mol. The second-order valence-corrected chi connectivity index (χ2v) is 6.31. The molecule has 114 valence electrons. The summed E-state index contributed by atoms with van der Waals surface area (Å²) in [6.45, 7) is 5.82. The molecule has 0 heterocycles. The summed E-state index contributed by atoms with van der Waals surface area (Å²) in [5, 5.41) is 0. The molecule has 0 N–H and O–H groups in total. The average molecular weight is 294 g/mol. The normalized spacial score (nSPS) is 12.7. The van der Waals surface area contributed by atoms with E-state index in [0.29, 0.717) is 17.5 Å². The second kappa shape index (κ2) is 6.69. The van der Waals surface area contributed by atoms with Crippen LogP contribution in [0.4, 0.5) is 0 Å². The van der Waals surface area contributed by atoms with Crippen molar-refractivity contribution in [3.05, 3.63) is 71.8 Å². The Morgan fingerprint density at radius 1 is 0.864 bits per heavy atom. The van der Waals surface area contributed by atoms with E-state index in [1.165, 1.54) is 0 Å². The Hall–Kier alpha value is -2.22. The number of hydrogen-bond donors (Lipinski definition) is 0. The molecule has 0 aliphatic rings. The fraction of sp³-hybridized carbons (Fsp3) is 0.300. The maximum atomic E-state index is 12.7. The van der Waals surface area contributed by atoms with Crippen LogP contribution in [0.5, 0.6) is 0 Å². The quantitative estimate of drug-likeness (QED) is 0.717.